The maximum Gasteiger partial charge on any atom is 0.253 e. The highest BCUT2D eigenvalue weighted by molar-refractivity contribution is 9.10. The van der Waals surface area contributed by atoms with Gasteiger partial charge in [-0.2, -0.15) is 5.10 Å². The summed E-state index contributed by atoms with van der Waals surface area (Å²) in [6.45, 7) is 8.68. The van der Waals surface area contributed by atoms with E-state index in [2.05, 4.69) is 34.0 Å². The Morgan fingerprint density at radius 3 is 2.83 bits per heavy atom. The highest BCUT2D eigenvalue weighted by Gasteiger charge is 2.22. The fourth-order valence-electron chi connectivity index (χ4n) is 3.36. The number of likely N-dealkylation sites (tertiary alicyclic amines) is 1. The number of halogens is 1. The average molecular weight is 390 g/mol. The van der Waals surface area contributed by atoms with Crippen LogP contribution in [0.1, 0.15) is 47.1 Å². The molecular weight excluding hydrogens is 366 g/mol. The molecule has 0 saturated carbocycles. The van der Waals surface area contributed by atoms with Gasteiger partial charge >= 0.3 is 0 Å². The lowest BCUT2D eigenvalue weighted by molar-refractivity contribution is 0.0683. The van der Waals surface area contributed by atoms with Crippen molar-refractivity contribution in [1.29, 1.82) is 0 Å². The molecule has 2 heterocycles. The Bertz CT molecular complexity index is 753. The number of aromatic nitrogens is 2. The molecule has 1 atom stereocenters. The van der Waals surface area contributed by atoms with Crippen LogP contribution >= 0.6 is 15.9 Å². The highest BCUT2D eigenvalue weighted by atomic mass is 79.9. The first-order valence-electron chi connectivity index (χ1n) is 8.53. The fourth-order valence-corrected chi connectivity index (χ4v) is 3.65. The van der Waals surface area contributed by atoms with Crippen molar-refractivity contribution in [3.8, 4) is 0 Å². The van der Waals surface area contributed by atoms with Crippen LogP contribution < -0.4 is 0 Å². The van der Waals surface area contributed by atoms with Gasteiger partial charge in [-0.15, -0.1) is 0 Å². The Balaban J connectivity index is 1.78. The van der Waals surface area contributed by atoms with Gasteiger partial charge in [-0.1, -0.05) is 19.1 Å². The zero-order valence-corrected chi connectivity index (χ0v) is 16.1. The second kappa shape index (κ2) is 7.09. The summed E-state index contributed by atoms with van der Waals surface area (Å²) in [6.07, 6.45) is 2.32. The lowest BCUT2D eigenvalue weighted by atomic mass is 9.99. The third-order valence-corrected chi connectivity index (χ3v) is 5.89. The molecule has 4 nitrogen and oxygen atoms in total. The molecule has 128 valence electrons. The second-order valence-electron chi connectivity index (χ2n) is 6.84. The van der Waals surface area contributed by atoms with E-state index in [4.69, 9.17) is 0 Å². The number of piperidine rings is 1. The molecule has 0 radical (unpaired) electrons. The van der Waals surface area contributed by atoms with E-state index in [-0.39, 0.29) is 5.91 Å². The summed E-state index contributed by atoms with van der Waals surface area (Å²) in [6, 6.07) is 7.95. The van der Waals surface area contributed by atoms with Gasteiger partial charge in [0.25, 0.3) is 5.91 Å². The number of hydrogen-bond acceptors (Lipinski definition) is 2. The second-order valence-corrected chi connectivity index (χ2v) is 7.63. The third kappa shape index (κ3) is 3.56. The highest BCUT2D eigenvalue weighted by Crippen LogP contribution is 2.22. The van der Waals surface area contributed by atoms with Crippen LogP contribution in [0.15, 0.2) is 28.7 Å². The van der Waals surface area contributed by atoms with Crippen molar-refractivity contribution in [2.24, 2.45) is 5.92 Å². The van der Waals surface area contributed by atoms with E-state index < -0.39 is 0 Å². The Hall–Kier alpha value is -1.62. The number of nitrogens with zero attached hydrogens (tertiary/aromatic N) is 3. The fraction of sp³-hybridized carbons (Fsp3) is 0.474. The zero-order chi connectivity index (χ0) is 17.3. The van der Waals surface area contributed by atoms with Gasteiger partial charge in [-0.25, -0.2) is 0 Å². The molecule has 1 aliphatic rings. The molecule has 1 aliphatic heterocycles. The summed E-state index contributed by atoms with van der Waals surface area (Å²) in [5, 5.41) is 4.55. The lowest BCUT2D eigenvalue weighted by Crippen LogP contribution is -2.39. The van der Waals surface area contributed by atoms with E-state index in [1.807, 2.05) is 41.6 Å². The number of carbonyl (C=O) groups excluding carboxylic acids is 1. The van der Waals surface area contributed by atoms with Crippen molar-refractivity contribution in [1.82, 2.24) is 14.7 Å². The monoisotopic (exact) mass is 389 g/mol. The molecule has 1 aromatic carbocycles. The van der Waals surface area contributed by atoms with Crippen LogP contribution in [-0.2, 0) is 6.54 Å². The molecule has 0 bridgehead atoms. The molecule has 2 aromatic rings. The minimum atomic E-state index is 0.151. The first-order valence-corrected chi connectivity index (χ1v) is 9.32. The van der Waals surface area contributed by atoms with E-state index in [0.717, 1.165) is 46.5 Å². The first kappa shape index (κ1) is 17.2. The normalized spacial score (nSPS) is 18.0. The summed E-state index contributed by atoms with van der Waals surface area (Å²) in [4.78, 5) is 14.8. The van der Waals surface area contributed by atoms with Gasteiger partial charge in [0, 0.05) is 18.7 Å². The summed E-state index contributed by atoms with van der Waals surface area (Å²) in [5.41, 5.74) is 3.97. The minimum Gasteiger partial charge on any atom is -0.338 e. The predicted octanol–water partition coefficient (Wildman–Crippen LogP) is 4.18. The Kier molecular flexibility index (Phi) is 5.09. The molecule has 1 saturated heterocycles. The van der Waals surface area contributed by atoms with Crippen molar-refractivity contribution < 1.29 is 4.79 Å². The topological polar surface area (TPSA) is 38.1 Å². The lowest BCUT2D eigenvalue weighted by Gasteiger charge is -2.31. The Labute approximate surface area is 152 Å². The van der Waals surface area contributed by atoms with Crippen LogP contribution in [-0.4, -0.2) is 33.7 Å². The molecule has 3 rings (SSSR count). The summed E-state index contributed by atoms with van der Waals surface area (Å²) in [5.74, 6) is 0.746. The molecule has 1 fully saturated rings. The number of aryl methyl sites for hydroxylation is 1. The Morgan fingerprint density at radius 2 is 2.17 bits per heavy atom. The van der Waals surface area contributed by atoms with E-state index in [1.165, 1.54) is 6.42 Å². The van der Waals surface area contributed by atoms with E-state index >= 15 is 0 Å². The van der Waals surface area contributed by atoms with Crippen LogP contribution in [0.5, 0.6) is 0 Å². The van der Waals surface area contributed by atoms with Gasteiger partial charge < -0.3 is 4.90 Å². The molecule has 1 aromatic heterocycles. The predicted molar refractivity (Wildman–Crippen MR) is 99.2 cm³/mol. The van der Waals surface area contributed by atoms with Crippen LogP contribution in [0.3, 0.4) is 0 Å². The minimum absolute atomic E-state index is 0.151. The van der Waals surface area contributed by atoms with Gasteiger partial charge in [0.1, 0.15) is 0 Å². The van der Waals surface area contributed by atoms with E-state index in [1.54, 1.807) is 0 Å². The van der Waals surface area contributed by atoms with Crippen molar-refractivity contribution >= 4 is 21.8 Å². The number of hydrogen-bond donors (Lipinski definition) is 0. The number of carbonyl (C=O) groups is 1. The third-order valence-electron chi connectivity index (χ3n) is 4.74. The van der Waals surface area contributed by atoms with Gasteiger partial charge in [0.15, 0.2) is 0 Å². The Morgan fingerprint density at radius 1 is 1.38 bits per heavy atom. The van der Waals surface area contributed by atoms with Crippen molar-refractivity contribution in [2.75, 3.05) is 13.1 Å². The molecule has 0 aliphatic carbocycles. The smallest absolute Gasteiger partial charge is 0.253 e. The van der Waals surface area contributed by atoms with Gasteiger partial charge in [0.2, 0.25) is 0 Å². The van der Waals surface area contributed by atoms with Crippen molar-refractivity contribution in [3.05, 3.63) is 51.3 Å². The van der Waals surface area contributed by atoms with Gasteiger partial charge in [0.05, 0.1) is 22.4 Å². The van der Waals surface area contributed by atoms with E-state index in [0.29, 0.717) is 12.5 Å². The largest absolute Gasteiger partial charge is 0.338 e. The standard InChI is InChI=1S/C19H24BrN3O/c1-13-6-5-9-22(11-13)19(24)17-8-4-7-16(10-17)12-23-15(3)18(20)14(2)21-23/h4,7-8,10,13H,5-6,9,11-12H2,1-3H3. The number of benzene rings is 1. The van der Waals surface area contributed by atoms with Crippen LogP contribution in [0, 0.1) is 19.8 Å². The number of amides is 1. The molecule has 0 N–H and O–H groups in total. The molecule has 5 heteroatoms. The maximum atomic E-state index is 12.8. The summed E-state index contributed by atoms with van der Waals surface area (Å²) >= 11 is 3.56. The van der Waals surface area contributed by atoms with Crippen LogP contribution in [0.2, 0.25) is 0 Å². The molecule has 1 amide bonds. The summed E-state index contributed by atoms with van der Waals surface area (Å²) in [7, 11) is 0. The SMILES string of the molecule is Cc1nn(Cc2cccc(C(=O)N3CCCC(C)C3)c2)c(C)c1Br. The first-order chi connectivity index (χ1) is 11.5. The average Bonchev–Trinajstić information content (AvgIpc) is 2.81. The molecule has 24 heavy (non-hydrogen) atoms. The van der Waals surface area contributed by atoms with Crippen LogP contribution in [0.25, 0.3) is 0 Å². The molecular formula is C19H24BrN3O. The molecule has 0 spiro atoms. The van der Waals surface area contributed by atoms with Crippen LogP contribution in [0.4, 0.5) is 0 Å². The van der Waals surface area contributed by atoms with Gasteiger partial charge in [-0.3, -0.25) is 9.48 Å². The molecule has 1 unspecified atom stereocenters. The van der Waals surface area contributed by atoms with Crippen molar-refractivity contribution in [3.63, 3.8) is 0 Å². The number of rotatable bonds is 3. The van der Waals surface area contributed by atoms with Gasteiger partial charge in [-0.05, 0) is 66.2 Å². The summed E-state index contributed by atoms with van der Waals surface area (Å²) < 4.78 is 3.03. The van der Waals surface area contributed by atoms with Crippen molar-refractivity contribution in [2.45, 2.75) is 40.2 Å². The maximum absolute atomic E-state index is 12.8. The quantitative estimate of drug-likeness (QED) is 0.789. The zero-order valence-electron chi connectivity index (χ0n) is 14.6. The van der Waals surface area contributed by atoms with E-state index in [9.17, 15) is 4.79 Å².